The zero-order chi connectivity index (χ0) is 12.0. The van der Waals surface area contributed by atoms with Crippen LogP contribution in [0.5, 0.6) is 0 Å². The third-order valence-electron chi connectivity index (χ3n) is 2.72. The maximum absolute atomic E-state index is 5.48. The van der Waals surface area contributed by atoms with Gasteiger partial charge < -0.3 is 10.1 Å². The minimum atomic E-state index is 0.229. The molecule has 16 heavy (non-hydrogen) atoms. The summed E-state index contributed by atoms with van der Waals surface area (Å²) in [5.74, 6) is 0. The highest BCUT2D eigenvalue weighted by molar-refractivity contribution is 5.14. The molecule has 0 saturated heterocycles. The van der Waals surface area contributed by atoms with E-state index in [0.717, 1.165) is 25.3 Å². The van der Waals surface area contributed by atoms with Crippen LogP contribution in [-0.2, 0) is 17.7 Å². The van der Waals surface area contributed by atoms with E-state index < -0.39 is 0 Å². The fourth-order valence-electron chi connectivity index (χ4n) is 1.75. The SMILES string of the molecule is CCOCC(NC)c1cc(CC)nn1CC. The molecule has 92 valence electrons. The van der Waals surface area contributed by atoms with Gasteiger partial charge >= 0.3 is 0 Å². The molecule has 0 aliphatic carbocycles. The molecule has 0 spiro atoms. The quantitative estimate of drug-likeness (QED) is 0.768. The summed E-state index contributed by atoms with van der Waals surface area (Å²) in [6.45, 7) is 8.61. The van der Waals surface area contributed by atoms with Crippen molar-refractivity contribution in [1.29, 1.82) is 0 Å². The van der Waals surface area contributed by atoms with Gasteiger partial charge in [0.15, 0.2) is 0 Å². The Bertz CT molecular complexity index is 309. The number of nitrogens with zero attached hydrogens (tertiary/aromatic N) is 2. The molecule has 0 saturated carbocycles. The van der Waals surface area contributed by atoms with Gasteiger partial charge in [-0.15, -0.1) is 0 Å². The lowest BCUT2D eigenvalue weighted by atomic mass is 10.2. The number of nitrogens with one attached hydrogen (secondary N) is 1. The zero-order valence-electron chi connectivity index (χ0n) is 10.8. The molecule has 1 rings (SSSR count). The average molecular weight is 225 g/mol. The van der Waals surface area contributed by atoms with E-state index in [0.29, 0.717) is 6.61 Å². The van der Waals surface area contributed by atoms with Gasteiger partial charge in [-0.25, -0.2) is 0 Å². The Hall–Kier alpha value is -0.870. The fraction of sp³-hybridized carbons (Fsp3) is 0.750. The van der Waals surface area contributed by atoms with E-state index in [-0.39, 0.29) is 6.04 Å². The molecule has 0 bridgehead atoms. The molecule has 0 aliphatic heterocycles. The summed E-state index contributed by atoms with van der Waals surface area (Å²) in [5, 5.41) is 7.82. The summed E-state index contributed by atoms with van der Waals surface area (Å²) < 4.78 is 7.53. The van der Waals surface area contributed by atoms with Crippen LogP contribution in [0.15, 0.2) is 6.07 Å². The lowest BCUT2D eigenvalue weighted by Crippen LogP contribution is -2.24. The maximum Gasteiger partial charge on any atom is 0.0727 e. The summed E-state index contributed by atoms with van der Waals surface area (Å²) >= 11 is 0. The molecule has 1 N–H and O–H groups in total. The van der Waals surface area contributed by atoms with Crippen LogP contribution in [0.2, 0.25) is 0 Å². The van der Waals surface area contributed by atoms with Gasteiger partial charge in [0.25, 0.3) is 0 Å². The highest BCUT2D eigenvalue weighted by Gasteiger charge is 2.15. The van der Waals surface area contributed by atoms with Crippen LogP contribution in [0.25, 0.3) is 0 Å². The van der Waals surface area contributed by atoms with Crippen LogP contribution in [0.1, 0.15) is 38.2 Å². The van der Waals surface area contributed by atoms with Crippen LogP contribution in [0.4, 0.5) is 0 Å². The minimum absolute atomic E-state index is 0.229. The Balaban J connectivity index is 2.84. The van der Waals surface area contributed by atoms with Crippen molar-refractivity contribution >= 4 is 0 Å². The number of hydrogen-bond acceptors (Lipinski definition) is 3. The third kappa shape index (κ3) is 3.06. The Morgan fingerprint density at radius 2 is 2.19 bits per heavy atom. The van der Waals surface area contributed by atoms with Crippen molar-refractivity contribution in [2.24, 2.45) is 0 Å². The van der Waals surface area contributed by atoms with Crippen molar-refractivity contribution in [3.8, 4) is 0 Å². The highest BCUT2D eigenvalue weighted by atomic mass is 16.5. The highest BCUT2D eigenvalue weighted by Crippen LogP contribution is 2.15. The first-order valence-electron chi connectivity index (χ1n) is 6.08. The minimum Gasteiger partial charge on any atom is -0.380 e. The number of hydrogen-bond donors (Lipinski definition) is 1. The van der Waals surface area contributed by atoms with Crippen molar-refractivity contribution in [3.63, 3.8) is 0 Å². The smallest absolute Gasteiger partial charge is 0.0727 e. The van der Waals surface area contributed by atoms with Gasteiger partial charge in [0.2, 0.25) is 0 Å². The molecule has 0 aliphatic rings. The molecule has 1 heterocycles. The first-order chi connectivity index (χ1) is 7.76. The van der Waals surface area contributed by atoms with Gasteiger partial charge in [0.1, 0.15) is 0 Å². The first-order valence-corrected chi connectivity index (χ1v) is 6.08. The van der Waals surface area contributed by atoms with Crippen LogP contribution >= 0.6 is 0 Å². The monoisotopic (exact) mass is 225 g/mol. The van der Waals surface area contributed by atoms with Gasteiger partial charge in [-0.1, -0.05) is 6.92 Å². The van der Waals surface area contributed by atoms with Crippen LogP contribution in [0.3, 0.4) is 0 Å². The summed E-state index contributed by atoms with van der Waals surface area (Å²) in [5.41, 5.74) is 2.36. The largest absolute Gasteiger partial charge is 0.380 e. The Morgan fingerprint density at radius 1 is 1.44 bits per heavy atom. The summed E-state index contributed by atoms with van der Waals surface area (Å²) in [6, 6.07) is 2.40. The fourth-order valence-corrected chi connectivity index (χ4v) is 1.75. The van der Waals surface area contributed by atoms with Gasteiger partial charge in [0, 0.05) is 13.2 Å². The molecule has 1 aromatic heterocycles. The molecule has 0 aromatic carbocycles. The standard InChI is InChI=1S/C12H23N3O/c1-5-10-8-12(15(6-2)14-10)11(13-4)9-16-7-3/h8,11,13H,5-7,9H2,1-4H3. The Labute approximate surface area is 98.0 Å². The predicted molar refractivity (Wildman–Crippen MR) is 65.6 cm³/mol. The van der Waals surface area contributed by atoms with Crippen molar-refractivity contribution in [2.75, 3.05) is 20.3 Å². The van der Waals surface area contributed by atoms with Gasteiger partial charge in [-0.3, -0.25) is 4.68 Å². The zero-order valence-corrected chi connectivity index (χ0v) is 10.8. The average Bonchev–Trinajstić information content (AvgIpc) is 2.73. The first kappa shape index (κ1) is 13.2. The molecule has 0 fully saturated rings. The number of ether oxygens (including phenoxy) is 1. The van der Waals surface area contributed by atoms with Crippen molar-refractivity contribution in [3.05, 3.63) is 17.5 Å². The van der Waals surface area contributed by atoms with E-state index in [1.54, 1.807) is 0 Å². The second-order valence-corrected chi connectivity index (χ2v) is 3.73. The molecule has 0 amide bonds. The summed E-state index contributed by atoms with van der Waals surface area (Å²) in [4.78, 5) is 0. The van der Waals surface area contributed by atoms with Gasteiger partial charge in [-0.05, 0) is 33.4 Å². The lowest BCUT2D eigenvalue weighted by molar-refractivity contribution is 0.123. The van der Waals surface area contributed by atoms with E-state index in [1.807, 2.05) is 14.0 Å². The summed E-state index contributed by atoms with van der Waals surface area (Å²) in [6.07, 6.45) is 0.977. The molecular formula is C12H23N3O. The van der Waals surface area contributed by atoms with Crippen LogP contribution in [0, 0.1) is 0 Å². The molecule has 4 heteroatoms. The number of likely N-dealkylation sites (N-methyl/N-ethyl adjacent to an activating group) is 1. The van der Waals surface area contributed by atoms with Gasteiger partial charge in [0.05, 0.1) is 24.0 Å². The Morgan fingerprint density at radius 3 is 2.69 bits per heavy atom. The topological polar surface area (TPSA) is 39.1 Å². The molecule has 4 nitrogen and oxygen atoms in total. The lowest BCUT2D eigenvalue weighted by Gasteiger charge is -2.16. The Kier molecular flexibility index (Phi) is 5.49. The second-order valence-electron chi connectivity index (χ2n) is 3.73. The summed E-state index contributed by atoms with van der Waals surface area (Å²) in [7, 11) is 1.96. The third-order valence-corrected chi connectivity index (χ3v) is 2.72. The number of rotatable bonds is 7. The molecule has 1 unspecified atom stereocenters. The predicted octanol–water partition coefficient (Wildman–Crippen LogP) is 1.76. The van der Waals surface area contributed by atoms with E-state index >= 15 is 0 Å². The van der Waals surface area contributed by atoms with Crippen molar-refractivity contribution in [1.82, 2.24) is 15.1 Å². The number of aryl methyl sites for hydroxylation is 2. The van der Waals surface area contributed by atoms with Crippen molar-refractivity contribution < 1.29 is 4.74 Å². The van der Waals surface area contributed by atoms with E-state index in [1.165, 1.54) is 5.69 Å². The maximum atomic E-state index is 5.48. The van der Waals surface area contributed by atoms with Crippen LogP contribution in [-0.4, -0.2) is 30.0 Å². The molecule has 1 aromatic rings. The van der Waals surface area contributed by atoms with E-state index in [9.17, 15) is 0 Å². The number of aromatic nitrogens is 2. The second kappa shape index (κ2) is 6.66. The van der Waals surface area contributed by atoms with Crippen molar-refractivity contribution in [2.45, 2.75) is 39.8 Å². The molecule has 1 atom stereocenters. The van der Waals surface area contributed by atoms with E-state index in [2.05, 4.69) is 35.0 Å². The molecule has 0 radical (unpaired) electrons. The normalized spacial score (nSPS) is 13.0. The van der Waals surface area contributed by atoms with E-state index in [4.69, 9.17) is 4.74 Å². The van der Waals surface area contributed by atoms with Gasteiger partial charge in [-0.2, -0.15) is 5.10 Å². The molecular weight excluding hydrogens is 202 g/mol. The van der Waals surface area contributed by atoms with Crippen LogP contribution < -0.4 is 5.32 Å².